The Morgan fingerprint density at radius 1 is 0.942 bits per heavy atom. The third-order valence-electron chi connectivity index (χ3n) is 8.58. The number of carbonyl (C=O) groups excluding carboxylic acids is 1. The minimum atomic E-state index is -1.11. The Bertz CT molecular complexity index is 2070. The summed E-state index contributed by atoms with van der Waals surface area (Å²) in [6.45, 7) is 8.78. The number of ether oxygens (including phenoxy) is 4. The molecule has 0 fully saturated rings. The molecule has 0 atom stereocenters. The largest absolute Gasteiger partial charge is 0.491 e. The van der Waals surface area contributed by atoms with Gasteiger partial charge in [0.1, 0.15) is 31.3 Å². The Morgan fingerprint density at radius 2 is 1.69 bits per heavy atom. The van der Waals surface area contributed by atoms with Gasteiger partial charge < -0.3 is 33.9 Å². The van der Waals surface area contributed by atoms with Crippen molar-refractivity contribution in [1.29, 1.82) is 0 Å². The van der Waals surface area contributed by atoms with Crippen molar-refractivity contribution < 1.29 is 33.6 Å². The van der Waals surface area contributed by atoms with E-state index in [4.69, 9.17) is 30.5 Å². The SMILES string of the molecule is C=CCOc1ccc(N(C(=O)c2cc(-c3cc(Cl)ccc3C(=O)O)n(C)c2C)c2cnc(OCCOCCOc3cccc4c3CNC4)nc2)cc1. The first kappa shape index (κ1) is 36.1. The maximum atomic E-state index is 14.4. The highest BCUT2D eigenvalue weighted by atomic mass is 35.5. The Hall–Kier alpha value is -5.69. The molecule has 0 aliphatic carbocycles. The average molecular weight is 724 g/mol. The lowest BCUT2D eigenvalue weighted by Gasteiger charge is -2.23. The quantitative estimate of drug-likeness (QED) is 0.0830. The maximum Gasteiger partial charge on any atom is 0.336 e. The van der Waals surface area contributed by atoms with Gasteiger partial charge in [-0.3, -0.25) is 9.69 Å². The first-order chi connectivity index (χ1) is 25.2. The Kier molecular flexibility index (Phi) is 11.5. The number of hydrogen-bond acceptors (Lipinski definition) is 9. The highest BCUT2D eigenvalue weighted by Crippen LogP contribution is 2.34. The second-order valence-corrected chi connectivity index (χ2v) is 12.3. The van der Waals surface area contributed by atoms with Gasteiger partial charge in [0.25, 0.3) is 5.91 Å². The van der Waals surface area contributed by atoms with Gasteiger partial charge in [-0.1, -0.05) is 36.4 Å². The van der Waals surface area contributed by atoms with Crippen LogP contribution in [0.15, 0.2) is 91.8 Å². The molecule has 1 aliphatic heterocycles. The van der Waals surface area contributed by atoms with Crippen LogP contribution < -0.4 is 24.4 Å². The Labute approximate surface area is 306 Å². The number of hydrogen-bond donors (Lipinski definition) is 2. The summed E-state index contributed by atoms with van der Waals surface area (Å²) in [6.07, 6.45) is 4.65. The van der Waals surface area contributed by atoms with Crippen LogP contribution in [0.25, 0.3) is 11.3 Å². The van der Waals surface area contributed by atoms with Crippen molar-refractivity contribution in [1.82, 2.24) is 19.9 Å². The van der Waals surface area contributed by atoms with Gasteiger partial charge in [-0.25, -0.2) is 14.8 Å². The number of carboxylic acid groups (broad SMARTS) is 1. The molecule has 268 valence electrons. The van der Waals surface area contributed by atoms with Crippen LogP contribution in [0, 0.1) is 6.92 Å². The van der Waals surface area contributed by atoms with Crippen molar-refractivity contribution in [2.45, 2.75) is 20.0 Å². The maximum absolute atomic E-state index is 14.4. The Balaban J connectivity index is 1.16. The molecular formula is C39H38ClN5O7. The smallest absolute Gasteiger partial charge is 0.336 e. The van der Waals surface area contributed by atoms with Crippen molar-refractivity contribution >= 4 is 34.9 Å². The molecule has 2 aromatic heterocycles. The van der Waals surface area contributed by atoms with Gasteiger partial charge in [-0.2, -0.15) is 0 Å². The van der Waals surface area contributed by atoms with E-state index >= 15 is 0 Å². The van der Waals surface area contributed by atoms with Gasteiger partial charge in [0, 0.05) is 53.4 Å². The van der Waals surface area contributed by atoms with Crippen LogP contribution in [0.4, 0.5) is 11.4 Å². The lowest BCUT2D eigenvalue weighted by molar-refractivity contribution is 0.0697. The molecule has 3 heterocycles. The third-order valence-corrected chi connectivity index (χ3v) is 8.82. The second-order valence-electron chi connectivity index (χ2n) is 11.8. The number of anilines is 2. The summed E-state index contributed by atoms with van der Waals surface area (Å²) in [5, 5.41) is 13.6. The molecule has 3 aromatic carbocycles. The van der Waals surface area contributed by atoms with E-state index in [1.165, 1.54) is 40.6 Å². The summed E-state index contributed by atoms with van der Waals surface area (Å²) >= 11 is 6.27. The normalized spacial score (nSPS) is 11.9. The van der Waals surface area contributed by atoms with Crippen molar-refractivity contribution in [2.75, 3.05) is 37.9 Å². The van der Waals surface area contributed by atoms with E-state index in [-0.39, 0.29) is 24.1 Å². The van der Waals surface area contributed by atoms with Crippen LogP contribution in [0.3, 0.4) is 0 Å². The first-order valence-corrected chi connectivity index (χ1v) is 17.0. The van der Waals surface area contributed by atoms with Crippen LogP contribution in [0.2, 0.25) is 5.02 Å². The van der Waals surface area contributed by atoms with E-state index in [2.05, 4.69) is 27.9 Å². The van der Waals surface area contributed by atoms with Crippen LogP contribution in [0.1, 0.15) is 37.5 Å². The first-order valence-electron chi connectivity index (χ1n) is 16.6. The predicted molar refractivity (Wildman–Crippen MR) is 197 cm³/mol. The molecule has 1 amide bonds. The number of nitrogens with one attached hydrogen (secondary N) is 1. The van der Waals surface area contributed by atoms with Gasteiger partial charge in [-0.15, -0.1) is 0 Å². The van der Waals surface area contributed by atoms with Gasteiger partial charge in [0.2, 0.25) is 0 Å². The molecule has 13 heteroatoms. The van der Waals surface area contributed by atoms with Crippen LogP contribution in [0.5, 0.6) is 17.5 Å². The number of benzene rings is 3. The van der Waals surface area contributed by atoms with Crippen molar-refractivity contribution in [2.24, 2.45) is 7.05 Å². The molecule has 0 radical (unpaired) electrons. The van der Waals surface area contributed by atoms with Gasteiger partial charge >= 0.3 is 12.0 Å². The van der Waals surface area contributed by atoms with E-state index < -0.39 is 5.97 Å². The van der Waals surface area contributed by atoms with Crippen molar-refractivity contribution in [3.05, 3.63) is 125 Å². The fourth-order valence-corrected chi connectivity index (χ4v) is 6.05. The van der Waals surface area contributed by atoms with E-state index in [9.17, 15) is 14.7 Å². The number of nitrogens with zero attached hydrogens (tertiary/aromatic N) is 4. The third kappa shape index (κ3) is 8.10. The molecule has 6 rings (SSSR count). The molecule has 52 heavy (non-hydrogen) atoms. The minimum absolute atomic E-state index is 0.0616. The standard InChI is InChI=1S/C39H38ClN5O7/c1-4-14-50-30-11-9-28(10-12-30)45(37(46)32-20-35(44(3)25(32)2)33-19-27(40)8-13-31(33)38(47)48)29-22-42-39(43-23-29)52-18-16-49-15-17-51-36-7-5-6-26-21-41-24-34(26)36/h4-13,19-20,22-23,41H,1,14-18,21,24H2,2-3H3,(H,47,48). The van der Waals surface area contributed by atoms with Crippen LogP contribution in [-0.4, -0.2) is 64.6 Å². The van der Waals surface area contributed by atoms with E-state index in [0.29, 0.717) is 71.1 Å². The minimum Gasteiger partial charge on any atom is -0.491 e. The fraction of sp³-hybridized carbons (Fsp3) is 0.231. The average Bonchev–Trinajstić information content (AvgIpc) is 3.76. The molecule has 0 saturated carbocycles. The molecule has 2 N–H and O–H groups in total. The van der Waals surface area contributed by atoms with Crippen LogP contribution in [-0.2, 0) is 24.9 Å². The zero-order valence-electron chi connectivity index (χ0n) is 28.8. The number of amides is 1. The molecule has 0 saturated heterocycles. The number of aromatic nitrogens is 3. The van der Waals surface area contributed by atoms with Gasteiger partial charge in [-0.05, 0) is 67.1 Å². The van der Waals surface area contributed by atoms with Gasteiger partial charge in [0.05, 0.1) is 42.4 Å². The summed E-state index contributed by atoms with van der Waals surface area (Å²) in [5.41, 5.74) is 5.28. The van der Waals surface area contributed by atoms with Gasteiger partial charge in [0.15, 0.2) is 0 Å². The summed E-state index contributed by atoms with van der Waals surface area (Å²) in [7, 11) is 1.77. The van der Waals surface area contributed by atoms with E-state index in [0.717, 1.165) is 18.8 Å². The lowest BCUT2D eigenvalue weighted by Crippen LogP contribution is -2.26. The molecular weight excluding hydrogens is 686 g/mol. The molecule has 12 nitrogen and oxygen atoms in total. The number of halogens is 1. The summed E-state index contributed by atoms with van der Waals surface area (Å²) in [6, 6.07) is 19.4. The predicted octanol–water partition coefficient (Wildman–Crippen LogP) is 6.76. The van der Waals surface area contributed by atoms with E-state index in [1.807, 2.05) is 12.1 Å². The zero-order valence-corrected chi connectivity index (χ0v) is 29.6. The number of carboxylic acids is 1. The summed E-state index contributed by atoms with van der Waals surface area (Å²) < 4.78 is 24.7. The number of aromatic carboxylic acids is 1. The topological polar surface area (TPSA) is 137 Å². The fourth-order valence-electron chi connectivity index (χ4n) is 5.88. The molecule has 0 spiro atoms. The lowest BCUT2D eigenvalue weighted by atomic mass is 10.0. The number of carbonyl (C=O) groups is 2. The number of fused-ring (bicyclic) bond motifs is 1. The second kappa shape index (κ2) is 16.6. The van der Waals surface area contributed by atoms with Crippen molar-refractivity contribution in [3.8, 4) is 28.8 Å². The highest BCUT2D eigenvalue weighted by molar-refractivity contribution is 6.31. The number of rotatable bonds is 16. The molecule has 1 aliphatic rings. The van der Waals surface area contributed by atoms with Crippen LogP contribution >= 0.6 is 11.6 Å². The Morgan fingerprint density at radius 3 is 2.42 bits per heavy atom. The van der Waals surface area contributed by atoms with Crippen molar-refractivity contribution in [3.63, 3.8) is 0 Å². The summed E-state index contributed by atoms with van der Waals surface area (Å²) in [4.78, 5) is 36.7. The zero-order chi connectivity index (χ0) is 36.6. The molecule has 5 aromatic rings. The molecule has 0 bridgehead atoms. The van der Waals surface area contributed by atoms with E-state index in [1.54, 1.807) is 61.0 Å². The summed E-state index contributed by atoms with van der Waals surface area (Å²) in [5.74, 6) is -0.0206. The highest BCUT2D eigenvalue weighted by Gasteiger charge is 2.27. The molecule has 0 unspecified atom stereocenters. The monoisotopic (exact) mass is 723 g/mol.